The first-order valence-corrected chi connectivity index (χ1v) is 8.59. The Morgan fingerprint density at radius 1 is 1.08 bits per heavy atom. The number of carboxylic acids is 1. The lowest BCUT2D eigenvalue weighted by Gasteiger charge is -2.14. The van der Waals surface area contributed by atoms with Crippen molar-refractivity contribution in [3.8, 4) is 16.9 Å². The van der Waals surface area contributed by atoms with Crippen molar-refractivity contribution >= 4 is 17.6 Å². The fraction of sp³-hybridized carbons (Fsp3) is 0.350. The van der Waals surface area contributed by atoms with Crippen LogP contribution in [0.1, 0.15) is 48.7 Å². The summed E-state index contributed by atoms with van der Waals surface area (Å²) in [6.45, 7) is 10.8. The Kier molecular flexibility index (Phi) is 7.80. The van der Waals surface area contributed by atoms with Gasteiger partial charge in [-0.1, -0.05) is 38.4 Å². The fourth-order valence-electron chi connectivity index (χ4n) is 2.42. The molecule has 0 saturated carbocycles. The van der Waals surface area contributed by atoms with Crippen LogP contribution < -0.4 is 4.74 Å². The average Bonchev–Trinajstić information content (AvgIpc) is 2.55. The first-order chi connectivity index (χ1) is 11.4. The highest BCUT2D eigenvalue weighted by Crippen LogP contribution is 2.32. The first kappa shape index (κ1) is 20.0. The molecule has 2 rings (SSSR count). The van der Waals surface area contributed by atoms with Crippen LogP contribution in [-0.2, 0) is 0 Å². The monoisotopic (exact) mass is 348 g/mol. The van der Waals surface area contributed by atoms with Gasteiger partial charge in [0.1, 0.15) is 5.75 Å². The number of carboxylic acid groups (broad SMARTS) is 1. The van der Waals surface area contributed by atoms with E-state index in [1.165, 1.54) is 6.07 Å². The summed E-state index contributed by atoms with van der Waals surface area (Å²) >= 11 is 6.05. The van der Waals surface area contributed by atoms with Gasteiger partial charge in [0, 0.05) is 0 Å². The van der Waals surface area contributed by atoms with Crippen LogP contribution in [0.4, 0.5) is 0 Å². The predicted octanol–water partition coefficient (Wildman–Crippen LogP) is 6.14. The maximum Gasteiger partial charge on any atom is 0.337 e. The molecule has 3 nitrogen and oxygen atoms in total. The maximum atomic E-state index is 11.0. The van der Waals surface area contributed by atoms with E-state index in [4.69, 9.17) is 21.4 Å². The highest BCUT2D eigenvalue weighted by atomic mass is 35.5. The Morgan fingerprint density at radius 2 is 1.67 bits per heavy atom. The Hall–Kier alpha value is -2.00. The van der Waals surface area contributed by atoms with Crippen molar-refractivity contribution < 1.29 is 14.6 Å². The Labute approximate surface area is 149 Å². The van der Waals surface area contributed by atoms with Crippen LogP contribution in [0.3, 0.4) is 0 Å². The van der Waals surface area contributed by atoms with Crippen LogP contribution in [0.2, 0.25) is 5.02 Å². The van der Waals surface area contributed by atoms with Crippen molar-refractivity contribution in [2.24, 2.45) is 0 Å². The van der Waals surface area contributed by atoms with Gasteiger partial charge in [-0.05, 0) is 66.8 Å². The summed E-state index contributed by atoms with van der Waals surface area (Å²) in [5.74, 6) is -0.105. The van der Waals surface area contributed by atoms with Gasteiger partial charge in [0.05, 0.1) is 17.2 Å². The average molecular weight is 349 g/mol. The quantitative estimate of drug-likeness (QED) is 0.706. The SMILES string of the molecule is CC.CCCOc1c(C)cc(-c2ccc(C(=O)O)c(Cl)c2)cc1C. The number of hydrogen-bond acceptors (Lipinski definition) is 2. The van der Waals surface area contributed by atoms with Crippen molar-refractivity contribution in [3.63, 3.8) is 0 Å². The molecule has 0 aliphatic carbocycles. The first-order valence-electron chi connectivity index (χ1n) is 8.21. The molecule has 0 bridgehead atoms. The molecule has 130 valence electrons. The van der Waals surface area contributed by atoms with E-state index in [9.17, 15) is 4.79 Å². The summed E-state index contributed by atoms with van der Waals surface area (Å²) in [6.07, 6.45) is 0.965. The fourth-order valence-corrected chi connectivity index (χ4v) is 2.68. The van der Waals surface area contributed by atoms with Crippen molar-refractivity contribution in [1.29, 1.82) is 0 Å². The van der Waals surface area contributed by atoms with E-state index in [2.05, 4.69) is 6.92 Å². The molecule has 0 radical (unpaired) electrons. The Bertz CT molecular complexity index is 685. The molecule has 4 heteroatoms. The Morgan fingerprint density at radius 3 is 2.12 bits per heavy atom. The molecule has 0 amide bonds. The number of carbonyl (C=O) groups is 1. The largest absolute Gasteiger partial charge is 0.493 e. The Balaban J connectivity index is 0.00000139. The lowest BCUT2D eigenvalue weighted by atomic mass is 9.99. The lowest BCUT2D eigenvalue weighted by molar-refractivity contribution is 0.0697. The standard InChI is InChI=1S/C18H19ClO3.C2H6/c1-4-7-22-17-11(2)8-14(9-12(17)3)13-5-6-15(18(20)21)16(19)10-13;1-2/h5-6,8-10H,4,7H2,1-3H3,(H,20,21);1-2H3. The normalized spacial score (nSPS) is 9.92. The van der Waals surface area contributed by atoms with Crippen LogP contribution >= 0.6 is 11.6 Å². The minimum atomic E-state index is -1.02. The summed E-state index contributed by atoms with van der Waals surface area (Å²) in [6, 6.07) is 9.06. The molecule has 0 aromatic heterocycles. The molecule has 0 unspecified atom stereocenters. The van der Waals surface area contributed by atoms with Gasteiger partial charge < -0.3 is 9.84 Å². The predicted molar refractivity (Wildman–Crippen MR) is 100 cm³/mol. The van der Waals surface area contributed by atoms with E-state index < -0.39 is 5.97 Å². The zero-order valence-electron chi connectivity index (χ0n) is 14.9. The van der Waals surface area contributed by atoms with Crippen LogP contribution in [0.5, 0.6) is 5.75 Å². The highest BCUT2D eigenvalue weighted by molar-refractivity contribution is 6.33. The third-order valence-electron chi connectivity index (χ3n) is 3.44. The molecule has 0 saturated heterocycles. The third kappa shape index (κ3) is 4.75. The summed E-state index contributed by atoms with van der Waals surface area (Å²) in [5.41, 5.74) is 4.12. The number of rotatable bonds is 5. The molecule has 2 aromatic rings. The van der Waals surface area contributed by atoms with Gasteiger partial charge in [0.25, 0.3) is 0 Å². The summed E-state index contributed by atoms with van der Waals surface area (Å²) in [4.78, 5) is 11.0. The van der Waals surface area contributed by atoms with Gasteiger partial charge in [-0.3, -0.25) is 0 Å². The molecule has 1 N–H and O–H groups in total. The van der Waals surface area contributed by atoms with Gasteiger partial charge >= 0.3 is 5.97 Å². The highest BCUT2D eigenvalue weighted by Gasteiger charge is 2.12. The smallest absolute Gasteiger partial charge is 0.337 e. The number of aryl methyl sites for hydroxylation is 2. The van der Waals surface area contributed by atoms with E-state index in [1.807, 2.05) is 39.8 Å². The van der Waals surface area contributed by atoms with Crippen LogP contribution in [0, 0.1) is 13.8 Å². The second kappa shape index (κ2) is 9.33. The van der Waals surface area contributed by atoms with Crippen molar-refractivity contribution in [2.45, 2.75) is 41.0 Å². The van der Waals surface area contributed by atoms with Gasteiger partial charge in [0.2, 0.25) is 0 Å². The van der Waals surface area contributed by atoms with Crippen LogP contribution in [0.15, 0.2) is 30.3 Å². The molecule has 0 atom stereocenters. The van der Waals surface area contributed by atoms with Gasteiger partial charge in [0.15, 0.2) is 0 Å². The minimum absolute atomic E-state index is 0.113. The number of hydrogen-bond donors (Lipinski definition) is 1. The van der Waals surface area contributed by atoms with Gasteiger partial charge in [-0.2, -0.15) is 0 Å². The molecule has 0 aliphatic heterocycles. The van der Waals surface area contributed by atoms with Crippen molar-refractivity contribution in [1.82, 2.24) is 0 Å². The van der Waals surface area contributed by atoms with E-state index in [-0.39, 0.29) is 10.6 Å². The van der Waals surface area contributed by atoms with E-state index >= 15 is 0 Å². The van der Waals surface area contributed by atoms with Gasteiger partial charge in [-0.25, -0.2) is 4.79 Å². The number of aromatic carboxylic acids is 1. The number of halogens is 1. The molecular weight excluding hydrogens is 324 g/mol. The van der Waals surface area contributed by atoms with Crippen molar-refractivity contribution in [2.75, 3.05) is 6.61 Å². The van der Waals surface area contributed by atoms with E-state index in [1.54, 1.807) is 12.1 Å². The zero-order valence-corrected chi connectivity index (χ0v) is 15.7. The van der Waals surface area contributed by atoms with E-state index in [0.717, 1.165) is 34.4 Å². The lowest BCUT2D eigenvalue weighted by Crippen LogP contribution is -2.00. The molecule has 24 heavy (non-hydrogen) atoms. The minimum Gasteiger partial charge on any atom is -0.493 e. The van der Waals surface area contributed by atoms with Crippen molar-refractivity contribution in [3.05, 3.63) is 52.0 Å². The molecule has 0 fully saturated rings. The third-order valence-corrected chi connectivity index (χ3v) is 3.76. The molecular formula is C20H25ClO3. The molecule has 0 spiro atoms. The maximum absolute atomic E-state index is 11.0. The van der Waals surface area contributed by atoms with Gasteiger partial charge in [-0.15, -0.1) is 0 Å². The molecule has 0 aliphatic rings. The summed E-state index contributed by atoms with van der Waals surface area (Å²) in [7, 11) is 0. The molecule has 2 aromatic carbocycles. The molecule has 0 heterocycles. The van der Waals surface area contributed by atoms with Crippen LogP contribution in [-0.4, -0.2) is 17.7 Å². The number of ether oxygens (including phenoxy) is 1. The van der Waals surface area contributed by atoms with E-state index in [0.29, 0.717) is 6.61 Å². The summed E-state index contributed by atoms with van der Waals surface area (Å²) in [5, 5.41) is 9.28. The topological polar surface area (TPSA) is 46.5 Å². The second-order valence-electron chi connectivity index (χ2n) is 5.29. The summed E-state index contributed by atoms with van der Waals surface area (Å²) < 4.78 is 5.78. The number of benzene rings is 2. The zero-order chi connectivity index (χ0) is 18.3. The van der Waals surface area contributed by atoms with Crippen LogP contribution in [0.25, 0.3) is 11.1 Å². The second-order valence-corrected chi connectivity index (χ2v) is 5.69.